The number of hydrogen-bond acceptors (Lipinski definition) is 1. The van der Waals surface area contributed by atoms with Gasteiger partial charge in [0.25, 0.3) is 0 Å². The summed E-state index contributed by atoms with van der Waals surface area (Å²) in [6.07, 6.45) is -3.32. The predicted molar refractivity (Wildman–Crippen MR) is 49.3 cm³/mol. The fourth-order valence-electron chi connectivity index (χ4n) is 1.75. The molecule has 1 aliphatic carbocycles. The molecular formula is C11H10F4O. The maximum Gasteiger partial charge on any atom is 0.419 e. The first kappa shape index (κ1) is 11.4. The minimum atomic E-state index is -4.66. The molecule has 16 heavy (non-hydrogen) atoms. The summed E-state index contributed by atoms with van der Waals surface area (Å²) >= 11 is 0. The van der Waals surface area contributed by atoms with Crippen LogP contribution in [0.1, 0.15) is 24.0 Å². The second-order valence-electron chi connectivity index (χ2n) is 3.89. The lowest BCUT2D eigenvalue weighted by molar-refractivity contribution is -0.140. The van der Waals surface area contributed by atoms with Gasteiger partial charge in [0.05, 0.1) is 11.2 Å². The maximum absolute atomic E-state index is 13.0. The van der Waals surface area contributed by atoms with Crippen molar-refractivity contribution in [1.29, 1.82) is 0 Å². The zero-order valence-electron chi connectivity index (χ0n) is 8.57. The van der Waals surface area contributed by atoms with Crippen LogP contribution in [0.15, 0.2) is 18.2 Å². The molecule has 0 N–H and O–H groups in total. The summed E-state index contributed by atoms with van der Waals surface area (Å²) < 4.78 is 55.6. The van der Waals surface area contributed by atoms with Gasteiger partial charge in [-0.25, -0.2) is 4.39 Å². The molecule has 0 aromatic heterocycles. The Labute approximate surface area is 90.0 Å². The highest BCUT2D eigenvalue weighted by Gasteiger charge is 2.46. The molecule has 5 heteroatoms. The van der Waals surface area contributed by atoms with Crippen LogP contribution in [0.25, 0.3) is 0 Å². The monoisotopic (exact) mass is 234 g/mol. The molecule has 0 unspecified atom stereocenters. The molecule has 0 saturated heterocycles. The van der Waals surface area contributed by atoms with E-state index in [0.717, 1.165) is 12.1 Å². The number of benzene rings is 1. The topological polar surface area (TPSA) is 9.23 Å². The molecule has 0 spiro atoms. The first-order valence-electron chi connectivity index (χ1n) is 4.81. The summed E-state index contributed by atoms with van der Waals surface area (Å²) in [6, 6.07) is 3.03. The van der Waals surface area contributed by atoms with Crippen LogP contribution >= 0.6 is 0 Å². The Balaban J connectivity index is 2.44. The van der Waals surface area contributed by atoms with E-state index in [-0.39, 0.29) is 0 Å². The van der Waals surface area contributed by atoms with Crippen LogP contribution in [-0.4, -0.2) is 7.11 Å². The average molecular weight is 234 g/mol. The highest BCUT2D eigenvalue weighted by atomic mass is 19.4. The van der Waals surface area contributed by atoms with Crippen molar-refractivity contribution < 1.29 is 22.3 Å². The summed E-state index contributed by atoms with van der Waals surface area (Å²) in [5.74, 6) is -1.25. The van der Waals surface area contributed by atoms with Crippen molar-refractivity contribution in [2.24, 2.45) is 0 Å². The van der Waals surface area contributed by atoms with E-state index in [1.807, 2.05) is 0 Å². The number of methoxy groups -OCH3 is 1. The van der Waals surface area contributed by atoms with Crippen LogP contribution < -0.4 is 0 Å². The van der Waals surface area contributed by atoms with Gasteiger partial charge in [-0.1, -0.05) is 6.07 Å². The molecule has 1 aromatic rings. The predicted octanol–water partition coefficient (Wildman–Crippen LogP) is 3.48. The fourth-order valence-corrected chi connectivity index (χ4v) is 1.75. The third kappa shape index (κ3) is 1.80. The van der Waals surface area contributed by atoms with Gasteiger partial charge < -0.3 is 4.74 Å². The molecule has 88 valence electrons. The summed E-state index contributed by atoms with van der Waals surface area (Å²) in [6.45, 7) is 0. The van der Waals surface area contributed by atoms with E-state index in [1.165, 1.54) is 13.2 Å². The van der Waals surface area contributed by atoms with Crippen LogP contribution in [0.4, 0.5) is 17.6 Å². The Morgan fingerprint density at radius 1 is 1.25 bits per heavy atom. The standard InChI is InChI=1S/C11H10F4O/c1-16-10(4-5-10)7-2-3-9(12)8(6-7)11(13,14)15/h2-3,6H,4-5H2,1H3. The molecule has 0 aliphatic heterocycles. The molecule has 1 aromatic carbocycles. The van der Waals surface area contributed by atoms with Crippen LogP contribution in [0.3, 0.4) is 0 Å². The van der Waals surface area contributed by atoms with Crippen molar-refractivity contribution in [2.45, 2.75) is 24.6 Å². The highest BCUT2D eigenvalue weighted by Crippen LogP contribution is 2.49. The van der Waals surface area contributed by atoms with Crippen LogP contribution in [0.5, 0.6) is 0 Å². The molecular weight excluding hydrogens is 224 g/mol. The van der Waals surface area contributed by atoms with E-state index in [1.54, 1.807) is 0 Å². The largest absolute Gasteiger partial charge is 0.419 e. The second kappa shape index (κ2) is 3.45. The number of rotatable bonds is 2. The fraction of sp³-hybridized carbons (Fsp3) is 0.455. The lowest BCUT2D eigenvalue weighted by atomic mass is 10.0. The van der Waals surface area contributed by atoms with Gasteiger partial charge in [0.2, 0.25) is 0 Å². The van der Waals surface area contributed by atoms with Crippen molar-refractivity contribution in [2.75, 3.05) is 7.11 Å². The van der Waals surface area contributed by atoms with Gasteiger partial charge in [-0.05, 0) is 30.5 Å². The smallest absolute Gasteiger partial charge is 0.374 e. The third-order valence-corrected chi connectivity index (χ3v) is 2.89. The molecule has 0 atom stereocenters. The molecule has 1 fully saturated rings. The zero-order chi connectivity index (χ0) is 12.0. The Kier molecular flexibility index (Phi) is 2.45. The molecule has 1 nitrogen and oxygen atoms in total. The quantitative estimate of drug-likeness (QED) is 0.712. The molecule has 0 amide bonds. The van der Waals surface area contributed by atoms with Crippen LogP contribution in [-0.2, 0) is 16.5 Å². The summed E-state index contributed by atoms with van der Waals surface area (Å²) in [5, 5.41) is 0. The van der Waals surface area contributed by atoms with Crippen LogP contribution in [0, 0.1) is 5.82 Å². The van der Waals surface area contributed by atoms with Crippen molar-refractivity contribution in [1.82, 2.24) is 0 Å². The van der Waals surface area contributed by atoms with Gasteiger partial charge in [-0.3, -0.25) is 0 Å². The Hall–Kier alpha value is -1.10. The lowest BCUT2D eigenvalue weighted by Crippen LogP contribution is -2.13. The summed E-state index contributed by atoms with van der Waals surface area (Å²) in [7, 11) is 1.45. The van der Waals surface area contributed by atoms with Crippen molar-refractivity contribution >= 4 is 0 Å². The number of ether oxygens (including phenoxy) is 1. The van der Waals surface area contributed by atoms with E-state index in [2.05, 4.69) is 0 Å². The van der Waals surface area contributed by atoms with E-state index < -0.39 is 23.2 Å². The summed E-state index contributed by atoms with van der Waals surface area (Å²) in [5.41, 5.74) is -1.47. The Morgan fingerprint density at radius 2 is 1.88 bits per heavy atom. The minimum absolute atomic E-state index is 0.392. The highest BCUT2D eigenvalue weighted by molar-refractivity contribution is 5.34. The average Bonchev–Trinajstić information content (AvgIpc) is 2.97. The molecule has 0 bridgehead atoms. The summed E-state index contributed by atoms with van der Waals surface area (Å²) in [4.78, 5) is 0. The van der Waals surface area contributed by atoms with Crippen LogP contribution in [0.2, 0.25) is 0 Å². The SMILES string of the molecule is COC1(c2ccc(F)c(C(F)(F)F)c2)CC1. The number of hydrogen-bond donors (Lipinski definition) is 0. The van der Waals surface area contributed by atoms with Gasteiger partial charge in [0.1, 0.15) is 5.82 Å². The minimum Gasteiger partial charge on any atom is -0.374 e. The molecule has 1 saturated carbocycles. The zero-order valence-corrected chi connectivity index (χ0v) is 8.57. The van der Waals surface area contributed by atoms with Gasteiger partial charge in [-0.2, -0.15) is 13.2 Å². The normalized spacial score (nSPS) is 18.6. The third-order valence-electron chi connectivity index (χ3n) is 2.89. The molecule has 1 aliphatic rings. The molecule has 2 rings (SSSR count). The second-order valence-corrected chi connectivity index (χ2v) is 3.89. The maximum atomic E-state index is 13.0. The first-order chi connectivity index (χ1) is 7.39. The van der Waals surface area contributed by atoms with Crippen molar-refractivity contribution in [3.63, 3.8) is 0 Å². The van der Waals surface area contributed by atoms with Crippen molar-refractivity contribution in [3.8, 4) is 0 Å². The molecule has 0 heterocycles. The van der Waals surface area contributed by atoms with Crippen molar-refractivity contribution in [3.05, 3.63) is 35.1 Å². The Morgan fingerprint density at radius 3 is 2.31 bits per heavy atom. The van der Waals surface area contributed by atoms with Gasteiger partial charge in [0.15, 0.2) is 0 Å². The van der Waals surface area contributed by atoms with E-state index in [9.17, 15) is 17.6 Å². The number of halogens is 4. The van der Waals surface area contributed by atoms with Gasteiger partial charge >= 0.3 is 6.18 Å². The molecule has 0 radical (unpaired) electrons. The van der Waals surface area contributed by atoms with E-state index in [4.69, 9.17) is 4.74 Å². The van der Waals surface area contributed by atoms with E-state index >= 15 is 0 Å². The first-order valence-corrected chi connectivity index (χ1v) is 4.81. The number of alkyl halides is 3. The van der Waals surface area contributed by atoms with Gasteiger partial charge in [-0.15, -0.1) is 0 Å². The lowest BCUT2D eigenvalue weighted by Gasteiger charge is -2.16. The van der Waals surface area contributed by atoms with Gasteiger partial charge in [0, 0.05) is 7.11 Å². The van der Waals surface area contributed by atoms with E-state index in [0.29, 0.717) is 18.4 Å². The Bertz CT molecular complexity index is 407.